The SMILES string of the molecule is O=C(NC1CCC(Oc2cc(N3CCOCC3)cc3nccnc23)CC1)c1ccncn1.O=C(NC1CCC(Oc2cc(N3CCOCC3)cc3nccnc23)CC1)c1ncccn1.O=C(NC1CCC(Oc2cc(N3CCOCC3)cc3nccnc23)CC1)c1ncco1. The number of nitrogens with one attached hydrogen (secondary N) is 3. The van der Waals surface area contributed by atoms with E-state index in [0.29, 0.717) is 5.69 Å². The van der Waals surface area contributed by atoms with Crippen LogP contribution in [-0.4, -0.2) is 188 Å². The molecule has 6 aliphatic rings. The van der Waals surface area contributed by atoms with Crippen LogP contribution in [0.4, 0.5) is 17.1 Å². The van der Waals surface area contributed by atoms with Gasteiger partial charge in [0.05, 0.1) is 80.7 Å². The van der Waals surface area contributed by atoms with Gasteiger partial charge in [-0.3, -0.25) is 29.3 Å². The van der Waals surface area contributed by atoms with Crippen LogP contribution in [0.2, 0.25) is 0 Å². The van der Waals surface area contributed by atoms with Crippen LogP contribution >= 0.6 is 0 Å². The zero-order chi connectivity index (χ0) is 64.6. The molecule has 494 valence electrons. The van der Waals surface area contributed by atoms with Gasteiger partial charge in [0.15, 0.2) is 0 Å². The fourth-order valence-corrected chi connectivity index (χ4v) is 12.8. The number of carbonyl (C=O) groups excluding carboxylic acids is 3. The Bertz CT molecular complexity index is 3800. The van der Waals surface area contributed by atoms with Gasteiger partial charge >= 0.3 is 5.91 Å². The first-order valence-electron chi connectivity index (χ1n) is 32.9. The Morgan fingerprint density at radius 1 is 0.400 bits per heavy atom. The molecule has 3 saturated heterocycles. The second-order valence-electron chi connectivity index (χ2n) is 24.1. The summed E-state index contributed by atoms with van der Waals surface area (Å²) in [4.78, 5) is 90.6. The summed E-state index contributed by atoms with van der Waals surface area (Å²) in [5.41, 5.74) is 8.47. The Balaban J connectivity index is 0.000000129. The smallest absolute Gasteiger partial charge is 0.307 e. The third kappa shape index (κ3) is 16.7. The van der Waals surface area contributed by atoms with Crippen LogP contribution in [0.5, 0.6) is 17.2 Å². The van der Waals surface area contributed by atoms with E-state index in [1.807, 2.05) is 0 Å². The van der Waals surface area contributed by atoms with E-state index in [0.717, 1.165) is 223 Å². The third-order valence-corrected chi connectivity index (χ3v) is 17.8. The molecule has 6 aromatic heterocycles. The molecule has 0 spiro atoms. The Hall–Kier alpha value is -9.86. The van der Waals surface area contributed by atoms with E-state index in [2.05, 4.69) is 122 Å². The van der Waals surface area contributed by atoms with Gasteiger partial charge in [-0.1, -0.05) is 0 Å². The minimum absolute atomic E-state index is 0.0695. The van der Waals surface area contributed by atoms with Crippen molar-refractivity contribution in [1.29, 1.82) is 0 Å². The maximum atomic E-state index is 12.4. The van der Waals surface area contributed by atoms with Crippen molar-refractivity contribution in [2.75, 3.05) is 93.6 Å². The molecule has 0 atom stereocenters. The van der Waals surface area contributed by atoms with Crippen LogP contribution in [0.3, 0.4) is 0 Å². The van der Waals surface area contributed by atoms with Gasteiger partial charge in [0, 0.05) is 148 Å². The van der Waals surface area contributed by atoms with Crippen LogP contribution in [0.15, 0.2) is 128 Å². The Labute approximate surface area is 548 Å². The van der Waals surface area contributed by atoms with E-state index in [-0.39, 0.29) is 65.9 Å². The van der Waals surface area contributed by atoms with Gasteiger partial charge in [0.1, 0.15) is 52.1 Å². The zero-order valence-electron chi connectivity index (χ0n) is 52.8. The fourth-order valence-electron chi connectivity index (χ4n) is 12.8. The highest BCUT2D eigenvalue weighted by atomic mass is 16.5. The maximum Gasteiger partial charge on any atom is 0.307 e. The monoisotopic (exact) mass is 1290 g/mol. The summed E-state index contributed by atoms with van der Waals surface area (Å²) < 4.78 is 40.8. The first-order valence-corrected chi connectivity index (χ1v) is 32.9. The molecule has 3 N–H and O–H groups in total. The van der Waals surface area contributed by atoms with Crippen LogP contribution in [-0.2, 0) is 14.2 Å². The summed E-state index contributed by atoms with van der Waals surface area (Å²) in [7, 11) is 0. The molecule has 27 heteroatoms. The first-order chi connectivity index (χ1) is 46.8. The standard InChI is InChI=1S/2C23H26N6O3.C22H25N5O4/c30-23(22-26-6-1-7-27-22)28-16-2-4-18(5-3-16)32-20-15-17(29-10-12-31-13-11-29)14-19-21(20)25-9-8-24-19;30-23(19-5-6-24-15-27-19)28-16-1-3-18(4-2-16)32-21-14-17(29-9-11-31-12-10-29)13-20-22(21)26-8-7-25-20;28-21(22-25-7-10-30-22)26-15-1-3-17(4-2-15)31-19-14-16(27-8-11-29-12-9-27)13-18-20(19)24-6-5-23-18/h1,6-9,14-16,18H,2-5,10-13H2,(H,28,30);5-8,13-16,18H,1-4,9-12H2,(H,28,30);5-7,10,13-15,17H,1-4,8-9,11-12H2,(H,26,28). The molecule has 3 aliphatic heterocycles. The van der Waals surface area contributed by atoms with Crippen molar-refractivity contribution >= 4 is 67.9 Å². The summed E-state index contributed by atoms with van der Waals surface area (Å²) >= 11 is 0. The predicted octanol–water partition coefficient (Wildman–Crippen LogP) is 7.33. The molecule has 15 rings (SSSR count). The van der Waals surface area contributed by atoms with Crippen LogP contribution in [0.1, 0.15) is 109 Å². The quantitative estimate of drug-likeness (QED) is 0.0904. The van der Waals surface area contributed by atoms with E-state index in [1.165, 1.54) is 18.8 Å². The number of nitrogens with zero attached hydrogens (tertiary/aromatic N) is 14. The lowest BCUT2D eigenvalue weighted by Gasteiger charge is -2.31. The normalized spacial score (nSPS) is 21.5. The Morgan fingerprint density at radius 2 is 0.789 bits per heavy atom. The zero-order valence-corrected chi connectivity index (χ0v) is 52.8. The number of amides is 3. The number of ether oxygens (including phenoxy) is 6. The fraction of sp³-hybridized carbons (Fsp3) is 0.441. The number of fused-ring (bicyclic) bond motifs is 3. The molecule has 9 aromatic rings. The van der Waals surface area contributed by atoms with Gasteiger partial charge < -0.3 is 63.5 Å². The van der Waals surface area contributed by atoms with Crippen molar-refractivity contribution in [2.24, 2.45) is 0 Å². The first kappa shape index (κ1) is 63.9. The molecule has 0 radical (unpaired) electrons. The summed E-state index contributed by atoms with van der Waals surface area (Å²) in [5.74, 6) is 1.95. The van der Waals surface area contributed by atoms with E-state index in [4.69, 9.17) is 32.8 Å². The summed E-state index contributed by atoms with van der Waals surface area (Å²) in [6, 6.07) is 16.0. The Morgan fingerprint density at radius 3 is 1.17 bits per heavy atom. The van der Waals surface area contributed by atoms with Crippen LogP contribution in [0.25, 0.3) is 33.1 Å². The van der Waals surface area contributed by atoms with Gasteiger partial charge in [0.25, 0.3) is 17.7 Å². The molecular weight excluding hydrogens is 1210 g/mol. The van der Waals surface area contributed by atoms with E-state index >= 15 is 0 Å². The highest BCUT2D eigenvalue weighted by Crippen LogP contribution is 2.37. The molecule has 3 saturated carbocycles. The van der Waals surface area contributed by atoms with Crippen molar-refractivity contribution in [3.63, 3.8) is 0 Å². The molecule has 3 amide bonds. The minimum Gasteiger partial charge on any atom is -0.488 e. The molecule has 3 aromatic carbocycles. The van der Waals surface area contributed by atoms with Crippen molar-refractivity contribution in [3.8, 4) is 17.2 Å². The molecule has 95 heavy (non-hydrogen) atoms. The molecular formula is C68H77N17O10. The molecule has 27 nitrogen and oxygen atoms in total. The van der Waals surface area contributed by atoms with Gasteiger partial charge in [-0.05, 0) is 107 Å². The van der Waals surface area contributed by atoms with Gasteiger partial charge in [0.2, 0.25) is 5.82 Å². The van der Waals surface area contributed by atoms with Crippen molar-refractivity contribution in [1.82, 2.24) is 70.8 Å². The molecule has 0 bridgehead atoms. The molecule has 3 aliphatic carbocycles. The largest absolute Gasteiger partial charge is 0.488 e. The van der Waals surface area contributed by atoms with E-state index in [1.54, 1.807) is 67.9 Å². The van der Waals surface area contributed by atoms with Gasteiger partial charge in [-0.25, -0.2) is 39.9 Å². The number of hydrogen-bond acceptors (Lipinski definition) is 24. The van der Waals surface area contributed by atoms with E-state index in [9.17, 15) is 14.4 Å². The molecule has 6 fully saturated rings. The average molecular weight is 1290 g/mol. The number of benzene rings is 3. The van der Waals surface area contributed by atoms with Gasteiger partial charge in [-0.15, -0.1) is 0 Å². The number of hydrogen-bond donors (Lipinski definition) is 3. The lowest BCUT2D eigenvalue weighted by molar-refractivity contribution is 0.0859. The second kappa shape index (κ2) is 31.4. The topological polar surface area (TPSA) is 307 Å². The number of carbonyl (C=O) groups is 3. The second-order valence-corrected chi connectivity index (χ2v) is 24.1. The molecule has 0 unspecified atom stereocenters. The van der Waals surface area contributed by atoms with Gasteiger partial charge in [-0.2, -0.15) is 0 Å². The number of morpholine rings is 3. The summed E-state index contributed by atoms with van der Waals surface area (Å²) in [6.07, 6.45) is 29.6. The Kier molecular flexibility index (Phi) is 21.1. The minimum atomic E-state index is -0.270. The lowest BCUT2D eigenvalue weighted by Crippen LogP contribution is -2.40. The number of aromatic nitrogens is 11. The van der Waals surface area contributed by atoms with Crippen molar-refractivity contribution in [2.45, 2.75) is 113 Å². The van der Waals surface area contributed by atoms with Crippen LogP contribution < -0.4 is 44.9 Å². The lowest BCUT2D eigenvalue weighted by atomic mass is 9.92. The third-order valence-electron chi connectivity index (χ3n) is 17.8. The van der Waals surface area contributed by atoms with Crippen LogP contribution in [0, 0.1) is 0 Å². The summed E-state index contributed by atoms with van der Waals surface area (Å²) in [6.45, 7) is 9.42. The van der Waals surface area contributed by atoms with Crippen molar-refractivity contribution < 1.29 is 47.2 Å². The average Bonchev–Trinajstić information content (AvgIpc) is 0.872. The van der Waals surface area contributed by atoms with E-state index < -0.39 is 0 Å². The summed E-state index contributed by atoms with van der Waals surface area (Å²) in [5, 5.41) is 9.11. The number of rotatable bonds is 15. The number of anilines is 3. The van der Waals surface area contributed by atoms with Crippen molar-refractivity contribution in [3.05, 3.63) is 140 Å². The predicted molar refractivity (Wildman–Crippen MR) is 351 cm³/mol. The maximum absolute atomic E-state index is 12.4. The highest BCUT2D eigenvalue weighted by molar-refractivity contribution is 5.93. The molecule has 9 heterocycles. The highest BCUT2D eigenvalue weighted by Gasteiger charge is 2.30. The number of oxazole rings is 1.